The number of carbonyl (C=O) groups excluding carboxylic acids is 5. The first-order valence-corrected chi connectivity index (χ1v) is 16.3. The second kappa shape index (κ2) is 17.7. The van der Waals surface area contributed by atoms with Crippen LogP contribution in [0.1, 0.15) is 49.4 Å². The number of aromatic nitrogens is 3. The number of hydrogen-bond donors (Lipinski definition) is 6. The molecule has 1 aliphatic heterocycles. The van der Waals surface area contributed by atoms with Crippen molar-refractivity contribution < 1.29 is 24.0 Å². The molecule has 4 rings (SSSR count). The molecule has 0 fully saturated rings. The molecule has 5 atom stereocenters. The zero-order valence-corrected chi connectivity index (χ0v) is 27.4. The summed E-state index contributed by atoms with van der Waals surface area (Å²) in [7, 11) is 1.63. The smallest absolute Gasteiger partial charge is 0.243 e. The Bertz CT molecular complexity index is 1530. The number of carbonyl (C=O) groups is 5. The zero-order chi connectivity index (χ0) is 34.5. The molecule has 5 amide bonds. The molecule has 48 heavy (non-hydrogen) atoms. The Morgan fingerprint density at radius 2 is 1.46 bits per heavy atom. The molecule has 1 aliphatic rings. The van der Waals surface area contributed by atoms with Crippen LogP contribution in [0.25, 0.3) is 0 Å². The first-order valence-electron chi connectivity index (χ1n) is 16.3. The number of hydrogen-bond acceptors (Lipinski definition) is 8. The Morgan fingerprint density at radius 1 is 0.875 bits per heavy atom. The number of nitrogens with one attached hydrogen (secondary N) is 5. The summed E-state index contributed by atoms with van der Waals surface area (Å²) in [4.78, 5) is 66.9. The van der Waals surface area contributed by atoms with Crippen LogP contribution in [0, 0.1) is 0 Å². The van der Waals surface area contributed by atoms with Gasteiger partial charge in [0.15, 0.2) is 0 Å². The van der Waals surface area contributed by atoms with E-state index in [9.17, 15) is 24.0 Å². The van der Waals surface area contributed by atoms with Crippen LogP contribution in [0.4, 0.5) is 0 Å². The summed E-state index contributed by atoms with van der Waals surface area (Å²) in [6.45, 7) is 2.21. The number of likely N-dealkylation sites (N-methyl/N-ethyl adjacent to an activating group) is 1. The topological polar surface area (TPSA) is 202 Å². The van der Waals surface area contributed by atoms with Crippen molar-refractivity contribution in [3.05, 3.63) is 83.7 Å². The molecule has 14 nitrogen and oxygen atoms in total. The van der Waals surface area contributed by atoms with E-state index in [1.165, 1.54) is 0 Å². The van der Waals surface area contributed by atoms with Gasteiger partial charge in [0, 0.05) is 32.0 Å². The number of nitrogens with zero attached hydrogens (tertiary/aromatic N) is 3. The minimum Gasteiger partial charge on any atom is -0.368 e. The van der Waals surface area contributed by atoms with Crippen LogP contribution < -0.4 is 32.3 Å². The average Bonchev–Trinajstić information content (AvgIpc) is 3.53. The SMILES string of the molecule is CN[C@@H](C)C(=O)N[C@H]1Cc2cn(nn2)CCCCC[C@@H](C(N)=O)NC(=O)[C@H](Cc2ccccc2)NC(=O)[C@H](Cc2ccccc2)NC1=O. The Hall–Kier alpha value is -5.11. The molecule has 14 heteroatoms. The van der Waals surface area contributed by atoms with Crippen LogP contribution in [0.2, 0.25) is 0 Å². The summed E-state index contributed by atoms with van der Waals surface area (Å²) in [6, 6.07) is 13.5. The third-order valence-corrected chi connectivity index (χ3v) is 8.33. The van der Waals surface area contributed by atoms with Crippen molar-refractivity contribution in [1.82, 2.24) is 41.6 Å². The molecule has 0 unspecified atom stereocenters. The van der Waals surface area contributed by atoms with Crippen molar-refractivity contribution in [1.29, 1.82) is 0 Å². The molecule has 2 bridgehead atoms. The molecule has 0 spiro atoms. The number of fused-ring (bicyclic) bond motifs is 2. The Morgan fingerprint density at radius 3 is 2.04 bits per heavy atom. The molecule has 2 aromatic carbocycles. The average molecular weight is 660 g/mol. The van der Waals surface area contributed by atoms with Gasteiger partial charge in [-0.25, -0.2) is 0 Å². The fourth-order valence-corrected chi connectivity index (χ4v) is 5.41. The maximum absolute atomic E-state index is 14.0. The number of aryl methyl sites for hydroxylation is 1. The van der Waals surface area contributed by atoms with Crippen molar-refractivity contribution in [3.63, 3.8) is 0 Å². The van der Waals surface area contributed by atoms with E-state index in [4.69, 9.17) is 5.73 Å². The molecular formula is C34H45N9O5. The fraction of sp³-hybridized carbons (Fsp3) is 0.441. The van der Waals surface area contributed by atoms with E-state index in [0.29, 0.717) is 25.1 Å². The quantitative estimate of drug-likeness (QED) is 0.193. The highest BCUT2D eigenvalue weighted by Gasteiger charge is 2.32. The highest BCUT2D eigenvalue weighted by atomic mass is 16.2. The lowest BCUT2D eigenvalue weighted by atomic mass is 10.0. The standard InChI is InChI=1S/C34H45N9O5/c1-22(36-2)31(45)38-29-20-25-21-43(42-41-25)17-11-5-10-16-26(30(35)44)37-32(46)27(18-23-12-6-3-7-13-23)39-33(47)28(40-34(29)48)19-24-14-8-4-9-15-24/h3-4,6-9,12-15,21-22,26-29,36H,5,10-11,16-20H2,1-2H3,(H2,35,44)(H,37,46)(H,38,45)(H,39,47)(H,40,48)/t22-,26-,27-,28-,29-/m0/s1. The van der Waals surface area contributed by atoms with E-state index in [1.54, 1.807) is 24.9 Å². The van der Waals surface area contributed by atoms with Crippen molar-refractivity contribution >= 4 is 29.5 Å². The fourth-order valence-electron chi connectivity index (χ4n) is 5.41. The molecule has 2 heterocycles. The number of rotatable bonds is 8. The summed E-state index contributed by atoms with van der Waals surface area (Å²) in [6.07, 6.45) is 4.37. The lowest BCUT2D eigenvalue weighted by Crippen LogP contribution is -2.59. The molecule has 1 aromatic heterocycles. The van der Waals surface area contributed by atoms with Crippen LogP contribution in [-0.4, -0.2) is 81.8 Å². The Labute approximate surface area is 280 Å². The minimum absolute atomic E-state index is 0.0347. The number of primary amides is 1. The summed E-state index contributed by atoms with van der Waals surface area (Å²) < 4.78 is 1.66. The van der Waals surface area contributed by atoms with Gasteiger partial charge >= 0.3 is 0 Å². The first kappa shape index (κ1) is 35.7. The van der Waals surface area contributed by atoms with Crippen LogP contribution in [0.15, 0.2) is 66.9 Å². The number of nitrogens with two attached hydrogens (primary N) is 1. The maximum atomic E-state index is 14.0. The van der Waals surface area contributed by atoms with E-state index in [-0.39, 0.29) is 19.3 Å². The van der Waals surface area contributed by atoms with Gasteiger partial charge in [0.25, 0.3) is 0 Å². The van der Waals surface area contributed by atoms with E-state index in [2.05, 4.69) is 36.9 Å². The van der Waals surface area contributed by atoms with Gasteiger partial charge < -0.3 is 32.3 Å². The zero-order valence-electron chi connectivity index (χ0n) is 27.4. The maximum Gasteiger partial charge on any atom is 0.243 e. The number of benzene rings is 2. The summed E-state index contributed by atoms with van der Waals surface area (Å²) in [5.41, 5.74) is 7.71. The second-order valence-electron chi connectivity index (χ2n) is 12.1. The van der Waals surface area contributed by atoms with Crippen molar-refractivity contribution in [2.75, 3.05) is 7.05 Å². The van der Waals surface area contributed by atoms with E-state index >= 15 is 0 Å². The molecule has 0 radical (unpaired) electrons. The van der Waals surface area contributed by atoms with E-state index in [0.717, 1.165) is 24.0 Å². The molecule has 3 aromatic rings. The molecule has 0 saturated carbocycles. The van der Waals surface area contributed by atoms with Gasteiger partial charge in [0.05, 0.1) is 11.7 Å². The van der Waals surface area contributed by atoms with E-state index < -0.39 is 59.7 Å². The molecule has 256 valence electrons. The predicted molar refractivity (Wildman–Crippen MR) is 178 cm³/mol. The van der Waals surface area contributed by atoms with E-state index in [1.807, 2.05) is 60.7 Å². The normalized spacial score (nSPS) is 22.1. The van der Waals surface area contributed by atoms with Gasteiger partial charge in [-0.2, -0.15) is 0 Å². The molecule has 7 N–H and O–H groups in total. The lowest BCUT2D eigenvalue weighted by Gasteiger charge is -2.26. The summed E-state index contributed by atoms with van der Waals surface area (Å²) in [5, 5.41) is 22.4. The van der Waals surface area contributed by atoms with Gasteiger partial charge in [0.2, 0.25) is 29.5 Å². The van der Waals surface area contributed by atoms with Gasteiger partial charge in [-0.05, 0) is 37.9 Å². The van der Waals surface area contributed by atoms with Crippen LogP contribution >= 0.6 is 0 Å². The Kier molecular flexibility index (Phi) is 13.2. The third kappa shape index (κ3) is 10.7. The molecule has 0 aliphatic carbocycles. The first-order chi connectivity index (χ1) is 23.1. The van der Waals surface area contributed by atoms with Gasteiger partial charge in [0.1, 0.15) is 24.2 Å². The van der Waals surface area contributed by atoms with Crippen LogP contribution in [-0.2, 0) is 49.8 Å². The highest BCUT2D eigenvalue weighted by molar-refractivity contribution is 5.96. The monoisotopic (exact) mass is 659 g/mol. The number of amides is 5. The minimum atomic E-state index is -1.13. The Balaban J connectivity index is 1.69. The van der Waals surface area contributed by atoms with Crippen molar-refractivity contribution in [2.24, 2.45) is 5.73 Å². The van der Waals surface area contributed by atoms with Crippen LogP contribution in [0.5, 0.6) is 0 Å². The lowest BCUT2D eigenvalue weighted by molar-refractivity contribution is -0.134. The van der Waals surface area contributed by atoms with Gasteiger partial charge in [-0.15, -0.1) is 5.10 Å². The molecular weight excluding hydrogens is 614 g/mol. The third-order valence-electron chi connectivity index (χ3n) is 8.33. The van der Waals surface area contributed by atoms with Crippen LogP contribution in [0.3, 0.4) is 0 Å². The van der Waals surface area contributed by atoms with Crippen molar-refractivity contribution in [3.8, 4) is 0 Å². The van der Waals surface area contributed by atoms with Gasteiger partial charge in [-0.1, -0.05) is 78.7 Å². The largest absolute Gasteiger partial charge is 0.368 e. The summed E-state index contributed by atoms with van der Waals surface area (Å²) in [5.74, 6) is -2.87. The summed E-state index contributed by atoms with van der Waals surface area (Å²) >= 11 is 0. The predicted octanol–water partition coefficient (Wildman–Crippen LogP) is -0.0876. The highest BCUT2D eigenvalue weighted by Crippen LogP contribution is 2.11. The van der Waals surface area contributed by atoms with Gasteiger partial charge in [-0.3, -0.25) is 28.7 Å². The second-order valence-corrected chi connectivity index (χ2v) is 12.1. The van der Waals surface area contributed by atoms with Crippen molar-refractivity contribution in [2.45, 2.75) is 88.6 Å². The molecule has 0 saturated heterocycles.